The highest BCUT2D eigenvalue weighted by molar-refractivity contribution is 9.10. The van der Waals surface area contributed by atoms with Crippen molar-refractivity contribution in [3.8, 4) is 0 Å². The maximum Gasteiger partial charge on any atom is 0.236 e. The molecule has 88 valence electrons. The molecule has 0 aromatic carbocycles. The number of nitrogens with zero attached hydrogens (tertiary/aromatic N) is 1. The minimum absolute atomic E-state index is 0.0185. The third-order valence-corrected chi connectivity index (χ3v) is 4.45. The van der Waals surface area contributed by atoms with Gasteiger partial charge in [0.2, 0.25) is 5.91 Å². The van der Waals surface area contributed by atoms with Crippen molar-refractivity contribution in [3.63, 3.8) is 0 Å². The lowest BCUT2D eigenvalue weighted by atomic mass is 9.91. The SMILES string of the molecule is CC(C)[C@@H](Br)C(=O)N1C[C@H](C)C[C@@H](C)C1. The van der Waals surface area contributed by atoms with Crippen LogP contribution in [0.25, 0.3) is 0 Å². The van der Waals surface area contributed by atoms with Gasteiger partial charge in [-0.1, -0.05) is 43.6 Å². The molecule has 3 atom stereocenters. The summed E-state index contributed by atoms with van der Waals surface area (Å²) in [7, 11) is 0. The largest absolute Gasteiger partial charge is 0.341 e. The Hall–Kier alpha value is -0.0500. The second-order valence-corrected chi connectivity index (χ2v) is 6.32. The van der Waals surface area contributed by atoms with Gasteiger partial charge in [0, 0.05) is 13.1 Å². The second kappa shape index (κ2) is 5.33. The fourth-order valence-corrected chi connectivity index (χ4v) is 2.59. The predicted molar refractivity (Wildman–Crippen MR) is 67.1 cm³/mol. The molecule has 1 heterocycles. The molecule has 0 bridgehead atoms. The third-order valence-electron chi connectivity index (χ3n) is 3.00. The molecule has 0 spiro atoms. The molecule has 0 aromatic heterocycles. The Morgan fingerprint density at radius 3 is 2.13 bits per heavy atom. The van der Waals surface area contributed by atoms with Gasteiger partial charge in [-0.15, -0.1) is 0 Å². The number of carbonyl (C=O) groups excluding carboxylic acids is 1. The van der Waals surface area contributed by atoms with E-state index in [0.717, 1.165) is 13.1 Å². The molecule has 0 unspecified atom stereocenters. The molecule has 0 saturated carbocycles. The fourth-order valence-electron chi connectivity index (χ4n) is 2.30. The quantitative estimate of drug-likeness (QED) is 0.710. The highest BCUT2D eigenvalue weighted by Crippen LogP contribution is 2.24. The van der Waals surface area contributed by atoms with Crippen LogP contribution in [0.15, 0.2) is 0 Å². The highest BCUT2D eigenvalue weighted by Gasteiger charge is 2.29. The fraction of sp³-hybridized carbons (Fsp3) is 0.917. The molecule has 0 aliphatic carbocycles. The van der Waals surface area contributed by atoms with Gasteiger partial charge < -0.3 is 4.90 Å². The molecule has 1 aliphatic rings. The first-order valence-electron chi connectivity index (χ1n) is 5.84. The van der Waals surface area contributed by atoms with Gasteiger partial charge in [-0.25, -0.2) is 0 Å². The molecule has 1 rings (SSSR count). The van der Waals surface area contributed by atoms with E-state index in [-0.39, 0.29) is 10.7 Å². The number of hydrogen-bond acceptors (Lipinski definition) is 1. The van der Waals surface area contributed by atoms with Gasteiger partial charge >= 0.3 is 0 Å². The van der Waals surface area contributed by atoms with Gasteiger partial charge in [-0.3, -0.25) is 4.79 Å². The summed E-state index contributed by atoms with van der Waals surface area (Å²) in [5.41, 5.74) is 0. The van der Waals surface area contributed by atoms with E-state index in [4.69, 9.17) is 0 Å². The first kappa shape index (κ1) is 13.0. The summed E-state index contributed by atoms with van der Waals surface area (Å²) in [6.07, 6.45) is 1.25. The Morgan fingerprint density at radius 2 is 1.73 bits per heavy atom. The lowest BCUT2D eigenvalue weighted by Crippen LogP contribution is -2.46. The molecule has 0 N–H and O–H groups in total. The monoisotopic (exact) mass is 275 g/mol. The number of amides is 1. The molecule has 1 amide bonds. The molecule has 0 aromatic rings. The minimum atomic E-state index is -0.0185. The van der Waals surface area contributed by atoms with E-state index < -0.39 is 0 Å². The first-order chi connectivity index (χ1) is 6.91. The first-order valence-corrected chi connectivity index (χ1v) is 6.76. The Morgan fingerprint density at radius 1 is 1.27 bits per heavy atom. The zero-order chi connectivity index (χ0) is 11.6. The van der Waals surface area contributed by atoms with Crippen LogP contribution in [0.3, 0.4) is 0 Å². The second-order valence-electron chi connectivity index (χ2n) is 5.34. The number of rotatable bonds is 2. The van der Waals surface area contributed by atoms with Crippen LogP contribution in [0.4, 0.5) is 0 Å². The van der Waals surface area contributed by atoms with Crippen molar-refractivity contribution in [2.75, 3.05) is 13.1 Å². The van der Waals surface area contributed by atoms with E-state index in [9.17, 15) is 4.79 Å². The summed E-state index contributed by atoms with van der Waals surface area (Å²) < 4.78 is 0. The highest BCUT2D eigenvalue weighted by atomic mass is 79.9. The maximum atomic E-state index is 12.1. The van der Waals surface area contributed by atoms with Gasteiger partial charge in [0.1, 0.15) is 0 Å². The van der Waals surface area contributed by atoms with Crippen molar-refractivity contribution in [1.82, 2.24) is 4.90 Å². The summed E-state index contributed by atoms with van der Waals surface area (Å²) in [5.74, 6) is 1.92. The Labute approximate surface area is 102 Å². The number of carbonyl (C=O) groups is 1. The lowest BCUT2D eigenvalue weighted by molar-refractivity contribution is -0.133. The van der Waals surface area contributed by atoms with E-state index in [1.165, 1.54) is 6.42 Å². The van der Waals surface area contributed by atoms with E-state index in [0.29, 0.717) is 17.8 Å². The maximum absolute atomic E-state index is 12.1. The van der Waals surface area contributed by atoms with Gasteiger partial charge in [-0.05, 0) is 24.2 Å². The normalized spacial score (nSPS) is 29.3. The van der Waals surface area contributed by atoms with Crippen LogP contribution in [0.1, 0.15) is 34.1 Å². The summed E-state index contributed by atoms with van der Waals surface area (Å²) in [6.45, 7) is 10.5. The Balaban J connectivity index is 2.59. The van der Waals surface area contributed by atoms with E-state index >= 15 is 0 Å². The number of piperidine rings is 1. The molecular formula is C12H22BrNO. The summed E-state index contributed by atoms with van der Waals surface area (Å²) in [4.78, 5) is 14.1. The molecule has 1 saturated heterocycles. The summed E-state index contributed by atoms with van der Waals surface area (Å²) in [5, 5.41) is 0. The van der Waals surface area contributed by atoms with Crippen LogP contribution in [0.5, 0.6) is 0 Å². The summed E-state index contributed by atoms with van der Waals surface area (Å²) >= 11 is 3.49. The van der Waals surface area contributed by atoms with E-state index in [2.05, 4.69) is 43.6 Å². The van der Waals surface area contributed by atoms with Crippen molar-refractivity contribution in [2.24, 2.45) is 17.8 Å². The van der Waals surface area contributed by atoms with E-state index in [1.54, 1.807) is 0 Å². The van der Waals surface area contributed by atoms with Crippen molar-refractivity contribution in [2.45, 2.75) is 38.9 Å². The standard InChI is InChI=1S/C12H22BrNO/c1-8(2)11(13)12(15)14-6-9(3)5-10(4)7-14/h8-11H,5-7H2,1-4H3/t9-,10-,11-/m1/s1. The van der Waals surface area contributed by atoms with E-state index in [1.807, 2.05) is 4.90 Å². The third kappa shape index (κ3) is 3.47. The smallest absolute Gasteiger partial charge is 0.236 e. The van der Waals surface area contributed by atoms with Crippen LogP contribution in [0, 0.1) is 17.8 Å². The minimum Gasteiger partial charge on any atom is -0.341 e. The zero-order valence-electron chi connectivity index (χ0n) is 10.2. The van der Waals surface area contributed by atoms with Crippen molar-refractivity contribution >= 4 is 21.8 Å². The molecule has 2 nitrogen and oxygen atoms in total. The number of hydrogen-bond donors (Lipinski definition) is 0. The molecule has 0 radical (unpaired) electrons. The van der Waals surface area contributed by atoms with Gasteiger partial charge in [0.15, 0.2) is 0 Å². The molecule has 15 heavy (non-hydrogen) atoms. The molecule has 3 heteroatoms. The molecule has 1 aliphatic heterocycles. The summed E-state index contributed by atoms with van der Waals surface area (Å²) in [6, 6.07) is 0. The van der Waals surface area contributed by atoms with Crippen LogP contribution in [-0.4, -0.2) is 28.7 Å². The number of likely N-dealkylation sites (tertiary alicyclic amines) is 1. The van der Waals surface area contributed by atoms with Crippen molar-refractivity contribution in [3.05, 3.63) is 0 Å². The van der Waals surface area contributed by atoms with Gasteiger partial charge in [0.25, 0.3) is 0 Å². The van der Waals surface area contributed by atoms with Crippen LogP contribution < -0.4 is 0 Å². The van der Waals surface area contributed by atoms with Gasteiger partial charge in [-0.2, -0.15) is 0 Å². The van der Waals surface area contributed by atoms with Crippen molar-refractivity contribution in [1.29, 1.82) is 0 Å². The lowest BCUT2D eigenvalue weighted by Gasteiger charge is -2.36. The van der Waals surface area contributed by atoms with Crippen LogP contribution in [-0.2, 0) is 4.79 Å². The molecule has 1 fully saturated rings. The van der Waals surface area contributed by atoms with Gasteiger partial charge in [0.05, 0.1) is 4.83 Å². The molecular weight excluding hydrogens is 254 g/mol. The number of halogens is 1. The Bertz CT molecular complexity index is 220. The Kier molecular flexibility index (Phi) is 4.63. The zero-order valence-corrected chi connectivity index (χ0v) is 11.8. The predicted octanol–water partition coefficient (Wildman–Crippen LogP) is 2.91. The van der Waals surface area contributed by atoms with Crippen molar-refractivity contribution < 1.29 is 4.79 Å². The average Bonchev–Trinajstić information content (AvgIpc) is 2.13. The average molecular weight is 276 g/mol. The topological polar surface area (TPSA) is 20.3 Å². The van der Waals surface area contributed by atoms with Crippen LogP contribution >= 0.6 is 15.9 Å². The van der Waals surface area contributed by atoms with Crippen LogP contribution in [0.2, 0.25) is 0 Å². The number of alkyl halides is 1.